The third kappa shape index (κ3) is 3.87. The Morgan fingerprint density at radius 2 is 2.21 bits per heavy atom. The van der Waals surface area contributed by atoms with E-state index in [-0.39, 0.29) is 5.56 Å². The Kier molecular flexibility index (Phi) is 4.64. The summed E-state index contributed by atoms with van der Waals surface area (Å²) in [6.45, 7) is 1.47. The van der Waals surface area contributed by atoms with E-state index in [2.05, 4.69) is 31.3 Å². The lowest BCUT2D eigenvalue weighted by Crippen LogP contribution is -2.24. The maximum absolute atomic E-state index is 11.9. The predicted molar refractivity (Wildman–Crippen MR) is 77.1 cm³/mol. The first-order chi connectivity index (χ1) is 9.19. The SMILES string of the molecule is NCCNc1cnn(Cc2ccc(Br)cn2)c(=O)c1. The lowest BCUT2D eigenvalue weighted by molar-refractivity contribution is 0.628. The first kappa shape index (κ1) is 13.7. The molecule has 3 N–H and O–H groups in total. The fourth-order valence-corrected chi connectivity index (χ4v) is 1.75. The van der Waals surface area contributed by atoms with Gasteiger partial charge in [0.15, 0.2) is 0 Å². The molecule has 0 aromatic carbocycles. The van der Waals surface area contributed by atoms with Crippen LogP contribution in [-0.2, 0) is 6.54 Å². The summed E-state index contributed by atoms with van der Waals surface area (Å²) in [5.74, 6) is 0. The van der Waals surface area contributed by atoms with Crippen molar-refractivity contribution in [2.75, 3.05) is 18.4 Å². The van der Waals surface area contributed by atoms with Crippen molar-refractivity contribution in [1.29, 1.82) is 0 Å². The molecule has 100 valence electrons. The van der Waals surface area contributed by atoms with Crippen LogP contribution < -0.4 is 16.6 Å². The Hall–Kier alpha value is -1.73. The zero-order valence-corrected chi connectivity index (χ0v) is 11.8. The van der Waals surface area contributed by atoms with Crippen LogP contribution in [0.4, 0.5) is 5.69 Å². The molecule has 0 aliphatic heterocycles. The molecule has 0 radical (unpaired) electrons. The molecule has 0 bridgehead atoms. The molecule has 2 rings (SSSR count). The first-order valence-electron chi connectivity index (χ1n) is 5.80. The molecule has 0 amide bonds. The van der Waals surface area contributed by atoms with Gasteiger partial charge in [-0.3, -0.25) is 9.78 Å². The summed E-state index contributed by atoms with van der Waals surface area (Å²) in [7, 11) is 0. The molecule has 2 heterocycles. The molecule has 0 saturated carbocycles. The minimum Gasteiger partial charge on any atom is -0.382 e. The van der Waals surface area contributed by atoms with Gasteiger partial charge >= 0.3 is 0 Å². The third-order valence-corrected chi connectivity index (χ3v) is 2.91. The second-order valence-corrected chi connectivity index (χ2v) is 4.84. The summed E-state index contributed by atoms with van der Waals surface area (Å²) in [6, 6.07) is 5.23. The predicted octanol–water partition coefficient (Wildman–Crippen LogP) is 0.820. The van der Waals surface area contributed by atoms with Crippen LogP contribution in [0.3, 0.4) is 0 Å². The fraction of sp³-hybridized carbons (Fsp3) is 0.250. The van der Waals surface area contributed by atoms with Gasteiger partial charge in [0.1, 0.15) is 0 Å². The third-order valence-electron chi connectivity index (χ3n) is 2.44. The van der Waals surface area contributed by atoms with Gasteiger partial charge in [0.25, 0.3) is 5.56 Å². The maximum Gasteiger partial charge on any atom is 0.269 e. The van der Waals surface area contributed by atoms with Crippen LogP contribution in [0.1, 0.15) is 5.69 Å². The van der Waals surface area contributed by atoms with E-state index in [4.69, 9.17) is 5.73 Å². The van der Waals surface area contributed by atoms with Gasteiger partial charge in [-0.2, -0.15) is 5.10 Å². The van der Waals surface area contributed by atoms with Crippen molar-refractivity contribution in [2.24, 2.45) is 5.73 Å². The van der Waals surface area contributed by atoms with E-state index in [1.807, 2.05) is 12.1 Å². The van der Waals surface area contributed by atoms with Crippen molar-refractivity contribution in [3.05, 3.63) is 51.1 Å². The summed E-state index contributed by atoms with van der Waals surface area (Å²) in [5, 5.41) is 7.11. The van der Waals surface area contributed by atoms with E-state index in [0.29, 0.717) is 25.3 Å². The average Bonchev–Trinajstić information content (AvgIpc) is 2.41. The summed E-state index contributed by atoms with van der Waals surface area (Å²) in [5.41, 5.74) is 6.66. The van der Waals surface area contributed by atoms with Gasteiger partial charge in [0, 0.05) is 29.8 Å². The van der Waals surface area contributed by atoms with Crippen LogP contribution in [0, 0.1) is 0 Å². The second kappa shape index (κ2) is 6.44. The zero-order valence-electron chi connectivity index (χ0n) is 10.2. The molecule has 0 spiro atoms. The van der Waals surface area contributed by atoms with Crippen molar-refractivity contribution >= 4 is 21.6 Å². The van der Waals surface area contributed by atoms with Crippen molar-refractivity contribution in [1.82, 2.24) is 14.8 Å². The lowest BCUT2D eigenvalue weighted by Gasteiger charge is -2.07. The largest absolute Gasteiger partial charge is 0.382 e. The van der Waals surface area contributed by atoms with Gasteiger partial charge in [-0.05, 0) is 28.1 Å². The minimum atomic E-state index is -0.174. The number of halogens is 1. The van der Waals surface area contributed by atoms with Crippen LogP contribution in [0.25, 0.3) is 0 Å². The summed E-state index contributed by atoms with van der Waals surface area (Å²) >= 11 is 3.31. The normalized spacial score (nSPS) is 10.4. The summed E-state index contributed by atoms with van der Waals surface area (Å²) < 4.78 is 2.27. The highest BCUT2D eigenvalue weighted by molar-refractivity contribution is 9.10. The van der Waals surface area contributed by atoms with Gasteiger partial charge in [-0.1, -0.05) is 0 Å². The molecule has 2 aromatic heterocycles. The highest BCUT2D eigenvalue weighted by Crippen LogP contribution is 2.07. The average molecular weight is 324 g/mol. The summed E-state index contributed by atoms with van der Waals surface area (Å²) in [6.07, 6.45) is 3.30. The van der Waals surface area contributed by atoms with Gasteiger partial charge in [-0.25, -0.2) is 4.68 Å². The monoisotopic (exact) mass is 323 g/mol. The molecule has 0 saturated heterocycles. The number of nitrogens with zero attached hydrogens (tertiary/aromatic N) is 3. The first-order valence-corrected chi connectivity index (χ1v) is 6.60. The molecule has 0 aliphatic carbocycles. The van der Waals surface area contributed by atoms with E-state index in [0.717, 1.165) is 10.2 Å². The minimum absolute atomic E-state index is 0.174. The fourth-order valence-electron chi connectivity index (χ4n) is 1.52. The number of nitrogens with two attached hydrogens (primary N) is 1. The number of aromatic nitrogens is 3. The molecular formula is C12H14BrN5O. The standard InChI is InChI=1S/C12H14BrN5O/c13-9-1-2-10(16-6-9)8-18-12(19)5-11(7-17-18)15-4-3-14/h1-2,5-7,15H,3-4,8,14H2. The van der Waals surface area contributed by atoms with Gasteiger partial charge in [0.2, 0.25) is 0 Å². The van der Waals surface area contributed by atoms with E-state index in [9.17, 15) is 4.79 Å². The number of rotatable bonds is 5. The van der Waals surface area contributed by atoms with E-state index in [1.54, 1.807) is 12.4 Å². The summed E-state index contributed by atoms with van der Waals surface area (Å²) in [4.78, 5) is 16.1. The van der Waals surface area contributed by atoms with Crippen molar-refractivity contribution in [3.63, 3.8) is 0 Å². The molecular weight excluding hydrogens is 310 g/mol. The van der Waals surface area contributed by atoms with Crippen LogP contribution in [-0.4, -0.2) is 27.9 Å². The highest BCUT2D eigenvalue weighted by atomic mass is 79.9. The van der Waals surface area contributed by atoms with Crippen LogP contribution >= 0.6 is 15.9 Å². The molecule has 0 atom stereocenters. The van der Waals surface area contributed by atoms with Crippen molar-refractivity contribution in [2.45, 2.75) is 6.54 Å². The second-order valence-electron chi connectivity index (χ2n) is 3.92. The Morgan fingerprint density at radius 3 is 2.84 bits per heavy atom. The Bertz CT molecular complexity index is 596. The molecule has 0 unspecified atom stereocenters. The smallest absolute Gasteiger partial charge is 0.269 e. The quantitative estimate of drug-likeness (QED) is 0.850. The Morgan fingerprint density at radius 1 is 1.37 bits per heavy atom. The van der Waals surface area contributed by atoms with E-state index in [1.165, 1.54) is 10.7 Å². The molecule has 0 fully saturated rings. The number of hydrogen-bond donors (Lipinski definition) is 2. The molecule has 7 heteroatoms. The molecule has 6 nitrogen and oxygen atoms in total. The van der Waals surface area contributed by atoms with Crippen LogP contribution in [0.15, 0.2) is 39.9 Å². The molecule has 19 heavy (non-hydrogen) atoms. The molecule has 0 aliphatic rings. The highest BCUT2D eigenvalue weighted by Gasteiger charge is 2.02. The zero-order chi connectivity index (χ0) is 13.7. The van der Waals surface area contributed by atoms with E-state index < -0.39 is 0 Å². The lowest BCUT2D eigenvalue weighted by atomic mass is 10.3. The number of nitrogens with one attached hydrogen (secondary N) is 1. The van der Waals surface area contributed by atoms with E-state index >= 15 is 0 Å². The topological polar surface area (TPSA) is 85.8 Å². The van der Waals surface area contributed by atoms with Crippen LogP contribution in [0.2, 0.25) is 0 Å². The van der Waals surface area contributed by atoms with Crippen LogP contribution in [0.5, 0.6) is 0 Å². The van der Waals surface area contributed by atoms with Crippen molar-refractivity contribution < 1.29 is 0 Å². The number of anilines is 1. The number of hydrogen-bond acceptors (Lipinski definition) is 5. The Balaban J connectivity index is 2.13. The number of pyridine rings is 1. The van der Waals surface area contributed by atoms with Gasteiger partial charge in [0.05, 0.1) is 24.1 Å². The maximum atomic E-state index is 11.9. The Labute approximate surface area is 118 Å². The van der Waals surface area contributed by atoms with Gasteiger partial charge in [-0.15, -0.1) is 0 Å². The van der Waals surface area contributed by atoms with Gasteiger partial charge < -0.3 is 11.1 Å². The molecule has 2 aromatic rings. The van der Waals surface area contributed by atoms with Crippen molar-refractivity contribution in [3.8, 4) is 0 Å².